The minimum Gasteiger partial charge on any atom is -0.323 e. The molecule has 3 aliphatic rings. The van der Waals surface area contributed by atoms with Gasteiger partial charge >= 0.3 is 6.03 Å². The Bertz CT molecular complexity index is 514. The lowest BCUT2D eigenvalue weighted by Gasteiger charge is -2.30. The van der Waals surface area contributed by atoms with Gasteiger partial charge in [0.1, 0.15) is 12.1 Å². The Balaban J connectivity index is 1.63. The molecule has 8 heteroatoms. The van der Waals surface area contributed by atoms with Crippen molar-refractivity contribution >= 4 is 34.8 Å². The lowest BCUT2D eigenvalue weighted by Crippen LogP contribution is -2.49. The third-order valence-electron chi connectivity index (χ3n) is 4.09. The molecule has 1 saturated carbocycles. The molecule has 2 fully saturated rings. The Morgan fingerprint density at radius 3 is 2.76 bits per heavy atom. The maximum Gasteiger partial charge on any atom is 0.325 e. The van der Waals surface area contributed by atoms with Crippen LogP contribution in [-0.4, -0.2) is 52.3 Å². The van der Waals surface area contributed by atoms with Crippen LogP contribution in [0, 0.1) is 0 Å². The third-order valence-corrected chi connectivity index (χ3v) is 4.98. The summed E-state index contributed by atoms with van der Waals surface area (Å²) in [6, 6.07) is -0.460. The van der Waals surface area contributed by atoms with E-state index in [9.17, 15) is 14.4 Å². The zero-order chi connectivity index (χ0) is 14.9. The van der Waals surface area contributed by atoms with Gasteiger partial charge in [-0.15, -0.1) is 0 Å². The first-order valence-electron chi connectivity index (χ1n) is 7.22. The van der Waals surface area contributed by atoms with Crippen molar-refractivity contribution in [1.82, 2.24) is 15.5 Å². The lowest BCUT2D eigenvalue weighted by atomic mass is 9.82. The Kier molecular flexibility index (Phi) is 3.88. The van der Waals surface area contributed by atoms with Crippen LogP contribution in [0.4, 0.5) is 4.79 Å². The van der Waals surface area contributed by atoms with Crippen molar-refractivity contribution in [2.45, 2.75) is 37.6 Å². The number of carbonyl (C=O) groups excluding carboxylic acids is 3. The molecule has 0 radical (unpaired) electrons. The van der Waals surface area contributed by atoms with E-state index in [4.69, 9.17) is 0 Å². The van der Waals surface area contributed by atoms with Crippen LogP contribution < -0.4 is 10.6 Å². The monoisotopic (exact) mass is 310 g/mol. The zero-order valence-electron chi connectivity index (χ0n) is 11.7. The highest BCUT2D eigenvalue weighted by Crippen LogP contribution is 2.33. The highest BCUT2D eigenvalue weighted by atomic mass is 32.2. The van der Waals surface area contributed by atoms with Crippen LogP contribution in [-0.2, 0) is 9.59 Å². The quantitative estimate of drug-likeness (QED) is 0.725. The van der Waals surface area contributed by atoms with Gasteiger partial charge in [0.2, 0.25) is 5.91 Å². The van der Waals surface area contributed by atoms with Crippen LogP contribution in [0.2, 0.25) is 0 Å². The molecule has 0 atom stereocenters. The van der Waals surface area contributed by atoms with Crippen molar-refractivity contribution in [3.63, 3.8) is 0 Å². The predicted octanol–water partition coefficient (Wildman–Crippen LogP) is 0.460. The van der Waals surface area contributed by atoms with E-state index in [1.807, 2.05) is 0 Å². The second-order valence-electron chi connectivity index (χ2n) is 5.55. The Morgan fingerprint density at radius 1 is 1.33 bits per heavy atom. The van der Waals surface area contributed by atoms with E-state index >= 15 is 0 Å². The number of aliphatic imine (C=N–C) groups is 1. The van der Waals surface area contributed by atoms with Gasteiger partial charge in [0.25, 0.3) is 5.91 Å². The summed E-state index contributed by atoms with van der Waals surface area (Å²) >= 11 is 1.47. The summed E-state index contributed by atoms with van der Waals surface area (Å²) in [5, 5.41) is 6.00. The Morgan fingerprint density at radius 2 is 2.10 bits per heavy atom. The van der Waals surface area contributed by atoms with Gasteiger partial charge in [-0.3, -0.25) is 19.5 Å². The molecule has 3 rings (SSSR count). The van der Waals surface area contributed by atoms with Crippen molar-refractivity contribution in [2.24, 2.45) is 4.99 Å². The average Bonchev–Trinajstić information content (AvgIpc) is 3.04. The first-order chi connectivity index (χ1) is 10.1. The largest absolute Gasteiger partial charge is 0.325 e. The average molecular weight is 310 g/mol. The van der Waals surface area contributed by atoms with Crippen molar-refractivity contribution in [3.8, 4) is 0 Å². The molecule has 0 aromatic carbocycles. The number of urea groups is 1. The van der Waals surface area contributed by atoms with Gasteiger partial charge in [-0.25, -0.2) is 4.79 Å². The molecule has 0 aromatic heterocycles. The van der Waals surface area contributed by atoms with Gasteiger partial charge in [0.05, 0.1) is 6.54 Å². The normalized spacial score (nSPS) is 24.2. The third kappa shape index (κ3) is 2.76. The SMILES string of the molecule is O=C(CN1C(=O)NC2(CCCCC2)C1=O)NC1=NCCS1. The molecule has 2 N–H and O–H groups in total. The van der Waals surface area contributed by atoms with E-state index in [-0.39, 0.29) is 18.4 Å². The summed E-state index contributed by atoms with van der Waals surface area (Å²) in [6.07, 6.45) is 4.28. The number of rotatable bonds is 2. The molecule has 2 heterocycles. The first-order valence-corrected chi connectivity index (χ1v) is 8.20. The molecule has 2 aliphatic heterocycles. The standard InChI is InChI=1S/C13H18N4O3S/c18-9(15-11-14-6-7-21-11)8-17-10(19)13(16-12(17)20)4-2-1-3-5-13/h1-8H2,(H,16,20)(H,14,15,18). The molecule has 4 amide bonds. The summed E-state index contributed by atoms with van der Waals surface area (Å²) < 4.78 is 0. The van der Waals surface area contributed by atoms with Crippen LogP contribution in [0.3, 0.4) is 0 Å². The Labute approximate surface area is 126 Å². The van der Waals surface area contributed by atoms with Crippen LogP contribution >= 0.6 is 11.8 Å². The fraction of sp³-hybridized carbons (Fsp3) is 0.692. The lowest BCUT2D eigenvalue weighted by molar-refractivity contribution is -0.135. The van der Waals surface area contributed by atoms with E-state index < -0.39 is 11.6 Å². The molecular weight excluding hydrogens is 292 g/mol. The number of amidine groups is 1. The van der Waals surface area contributed by atoms with E-state index in [0.29, 0.717) is 24.6 Å². The van der Waals surface area contributed by atoms with Gasteiger partial charge in [-0.05, 0) is 12.8 Å². The fourth-order valence-corrected chi connectivity index (χ4v) is 3.77. The summed E-state index contributed by atoms with van der Waals surface area (Å²) in [4.78, 5) is 41.6. The highest BCUT2D eigenvalue weighted by molar-refractivity contribution is 8.14. The zero-order valence-corrected chi connectivity index (χ0v) is 12.5. The molecule has 0 bridgehead atoms. The number of nitrogens with one attached hydrogen (secondary N) is 2. The molecule has 7 nitrogen and oxygen atoms in total. The van der Waals surface area contributed by atoms with Gasteiger partial charge in [0.15, 0.2) is 5.17 Å². The molecule has 0 aromatic rings. The molecule has 1 spiro atoms. The van der Waals surface area contributed by atoms with E-state index in [1.165, 1.54) is 11.8 Å². The summed E-state index contributed by atoms with van der Waals surface area (Å²) in [7, 11) is 0. The van der Waals surface area contributed by atoms with Crippen LogP contribution in [0.15, 0.2) is 4.99 Å². The van der Waals surface area contributed by atoms with Crippen molar-refractivity contribution in [3.05, 3.63) is 0 Å². The summed E-state index contributed by atoms with van der Waals surface area (Å²) in [5.74, 6) is 0.213. The van der Waals surface area contributed by atoms with Crippen LogP contribution in [0.1, 0.15) is 32.1 Å². The molecule has 1 aliphatic carbocycles. The Hall–Kier alpha value is -1.57. The summed E-state index contributed by atoms with van der Waals surface area (Å²) in [6.45, 7) is 0.443. The van der Waals surface area contributed by atoms with Crippen LogP contribution in [0.25, 0.3) is 0 Å². The number of hydrogen-bond acceptors (Lipinski definition) is 5. The minimum absolute atomic E-state index is 0.244. The molecule has 1 saturated heterocycles. The smallest absolute Gasteiger partial charge is 0.323 e. The number of hydrogen-bond donors (Lipinski definition) is 2. The maximum absolute atomic E-state index is 12.5. The van der Waals surface area contributed by atoms with Gasteiger partial charge in [0, 0.05) is 5.75 Å². The number of thioether (sulfide) groups is 1. The fourth-order valence-electron chi connectivity index (χ4n) is 3.03. The van der Waals surface area contributed by atoms with E-state index in [2.05, 4.69) is 15.6 Å². The topological polar surface area (TPSA) is 90.9 Å². The van der Waals surface area contributed by atoms with Gasteiger partial charge in [-0.1, -0.05) is 31.0 Å². The van der Waals surface area contributed by atoms with E-state index in [0.717, 1.165) is 29.9 Å². The maximum atomic E-state index is 12.5. The first kappa shape index (κ1) is 14.4. The number of carbonyl (C=O) groups is 3. The number of amides is 4. The van der Waals surface area contributed by atoms with Crippen molar-refractivity contribution in [2.75, 3.05) is 18.8 Å². The second-order valence-corrected chi connectivity index (χ2v) is 6.63. The van der Waals surface area contributed by atoms with Gasteiger partial charge < -0.3 is 10.6 Å². The van der Waals surface area contributed by atoms with Crippen molar-refractivity contribution in [1.29, 1.82) is 0 Å². The van der Waals surface area contributed by atoms with Gasteiger partial charge in [-0.2, -0.15) is 0 Å². The van der Waals surface area contributed by atoms with Crippen molar-refractivity contribution < 1.29 is 14.4 Å². The molecular formula is C13H18N4O3S. The predicted molar refractivity (Wildman–Crippen MR) is 79.0 cm³/mol. The summed E-state index contributed by atoms with van der Waals surface area (Å²) in [5.41, 5.74) is -0.769. The van der Waals surface area contributed by atoms with E-state index in [1.54, 1.807) is 0 Å². The highest BCUT2D eigenvalue weighted by Gasteiger charge is 2.51. The molecule has 114 valence electrons. The minimum atomic E-state index is -0.769. The number of nitrogens with zero attached hydrogens (tertiary/aromatic N) is 2. The molecule has 0 unspecified atom stereocenters. The molecule has 21 heavy (non-hydrogen) atoms. The van der Waals surface area contributed by atoms with Crippen LogP contribution in [0.5, 0.6) is 0 Å². The number of imide groups is 1. The second kappa shape index (κ2) is 5.67.